The van der Waals surface area contributed by atoms with Crippen LogP contribution in [0.3, 0.4) is 0 Å². The Kier molecular flexibility index (Phi) is 20.7. The van der Waals surface area contributed by atoms with Gasteiger partial charge in [-0.15, -0.1) is 0 Å². The predicted octanol–water partition coefficient (Wildman–Crippen LogP) is -3.43. The molecular weight excluding hydrogens is 658 g/mol. The summed E-state index contributed by atoms with van der Waals surface area (Å²) in [5.74, 6) is -6.77. The Bertz CT molecular complexity index is 1140. The van der Waals surface area contributed by atoms with E-state index >= 15 is 0 Å². The number of nitrogens with one attached hydrogen (secondary N) is 4. The van der Waals surface area contributed by atoms with Gasteiger partial charge >= 0.3 is 11.9 Å². The van der Waals surface area contributed by atoms with E-state index < -0.39 is 90.3 Å². The second-order valence-electron chi connectivity index (χ2n) is 12.5. The molecule has 1 saturated heterocycles. The van der Waals surface area contributed by atoms with Gasteiger partial charge in [-0.25, -0.2) is 4.79 Å². The number of carbonyl (C=O) groups is 7. The normalized spacial score (nSPS) is 17.8. The van der Waals surface area contributed by atoms with Crippen molar-refractivity contribution in [3.63, 3.8) is 0 Å². The first-order chi connectivity index (χ1) is 23.7. The Morgan fingerprint density at radius 2 is 1.24 bits per heavy atom. The quantitative estimate of drug-likeness (QED) is 0.0410. The molecule has 5 amide bonds. The summed E-state index contributed by atoms with van der Waals surface area (Å²) in [6.45, 7) is 2.38. The van der Waals surface area contributed by atoms with E-state index in [0.29, 0.717) is 58.0 Å². The second-order valence-corrected chi connectivity index (χ2v) is 12.5. The average molecular weight is 716 g/mol. The molecule has 0 bridgehead atoms. The van der Waals surface area contributed by atoms with Crippen LogP contribution in [0.5, 0.6) is 0 Å². The predicted molar refractivity (Wildman–Crippen MR) is 181 cm³/mol. The van der Waals surface area contributed by atoms with Crippen molar-refractivity contribution in [3.05, 3.63) is 0 Å². The van der Waals surface area contributed by atoms with E-state index in [9.17, 15) is 48.9 Å². The van der Waals surface area contributed by atoms with Gasteiger partial charge in [0.1, 0.15) is 30.2 Å². The fourth-order valence-corrected chi connectivity index (χ4v) is 5.48. The molecule has 286 valence electrons. The number of carboxylic acids is 2. The minimum atomic E-state index is -1.59. The summed E-state index contributed by atoms with van der Waals surface area (Å²) in [5, 5.41) is 39.2. The Hall–Kier alpha value is -3.91. The van der Waals surface area contributed by atoms with Gasteiger partial charge in [-0.3, -0.25) is 28.8 Å². The van der Waals surface area contributed by atoms with Crippen LogP contribution < -0.4 is 44.2 Å². The van der Waals surface area contributed by atoms with E-state index in [4.69, 9.17) is 22.9 Å². The molecule has 1 heterocycles. The van der Waals surface area contributed by atoms with Crippen LogP contribution >= 0.6 is 0 Å². The molecule has 0 aromatic rings. The third-order valence-corrected chi connectivity index (χ3v) is 8.34. The van der Waals surface area contributed by atoms with Gasteiger partial charge in [0.15, 0.2) is 0 Å². The second kappa shape index (κ2) is 23.5. The maximum absolute atomic E-state index is 13.7. The van der Waals surface area contributed by atoms with Crippen molar-refractivity contribution in [3.8, 4) is 0 Å². The molecule has 0 aromatic carbocycles. The van der Waals surface area contributed by atoms with Crippen LogP contribution in [0.4, 0.5) is 0 Å². The molecular formula is C31H57N9O10. The Morgan fingerprint density at radius 3 is 1.76 bits per heavy atom. The zero-order valence-corrected chi connectivity index (χ0v) is 28.8. The summed E-state index contributed by atoms with van der Waals surface area (Å²) < 4.78 is 0. The third-order valence-electron chi connectivity index (χ3n) is 8.34. The number of unbranched alkanes of at least 4 members (excludes halogenated alkanes) is 3. The van der Waals surface area contributed by atoms with Crippen LogP contribution in [0.1, 0.15) is 84.0 Å². The van der Waals surface area contributed by atoms with Gasteiger partial charge in [0, 0.05) is 6.54 Å². The van der Waals surface area contributed by atoms with E-state index in [1.165, 1.54) is 11.8 Å². The minimum absolute atomic E-state index is 0.0112. The number of amides is 5. The van der Waals surface area contributed by atoms with Crippen molar-refractivity contribution < 1.29 is 48.9 Å². The SMILES string of the molecule is C[C@@H](O)[C@H](NC(=O)[C@H](CCCCN)NC(=O)[C@H](CC(=O)O)NC(=O)[C@@H](N)CCCCN)C(=O)N1CCC[C@H]1C(=O)N[C@@H](CCCCN)C(=O)O. The number of aliphatic hydroxyl groups is 1. The minimum Gasteiger partial charge on any atom is -0.481 e. The number of carboxylic acid groups (broad SMARTS) is 2. The van der Waals surface area contributed by atoms with E-state index in [0.717, 1.165) is 0 Å². The summed E-state index contributed by atoms with van der Waals surface area (Å²) >= 11 is 0. The van der Waals surface area contributed by atoms with Gasteiger partial charge in [-0.1, -0.05) is 6.42 Å². The van der Waals surface area contributed by atoms with Gasteiger partial charge in [-0.2, -0.15) is 0 Å². The molecule has 15 N–H and O–H groups in total. The monoisotopic (exact) mass is 715 g/mol. The number of hydrogen-bond acceptors (Lipinski definition) is 12. The van der Waals surface area contributed by atoms with Crippen LogP contribution in [0.2, 0.25) is 0 Å². The van der Waals surface area contributed by atoms with Crippen molar-refractivity contribution in [2.24, 2.45) is 22.9 Å². The third kappa shape index (κ3) is 15.3. The lowest BCUT2D eigenvalue weighted by Gasteiger charge is -2.31. The number of aliphatic carboxylic acids is 2. The van der Waals surface area contributed by atoms with Crippen LogP contribution in [-0.4, -0.2) is 130 Å². The number of carbonyl (C=O) groups excluding carboxylic acids is 5. The molecule has 1 fully saturated rings. The highest BCUT2D eigenvalue weighted by Gasteiger charge is 2.41. The highest BCUT2D eigenvalue weighted by molar-refractivity contribution is 5.97. The summed E-state index contributed by atoms with van der Waals surface area (Å²) in [6.07, 6.45) is 1.73. The molecule has 0 radical (unpaired) electrons. The van der Waals surface area contributed by atoms with Crippen LogP contribution in [0.25, 0.3) is 0 Å². The van der Waals surface area contributed by atoms with Crippen molar-refractivity contribution in [2.75, 3.05) is 26.2 Å². The molecule has 19 heteroatoms. The molecule has 1 aliphatic rings. The molecule has 7 atom stereocenters. The number of aliphatic hydroxyl groups excluding tert-OH is 1. The van der Waals surface area contributed by atoms with E-state index in [1.54, 1.807) is 0 Å². The summed E-state index contributed by atoms with van der Waals surface area (Å²) in [5.41, 5.74) is 22.4. The van der Waals surface area contributed by atoms with Crippen LogP contribution in [0, 0.1) is 0 Å². The van der Waals surface area contributed by atoms with Crippen LogP contribution in [-0.2, 0) is 33.6 Å². The number of hydrogen-bond donors (Lipinski definition) is 11. The molecule has 0 aromatic heterocycles. The molecule has 1 aliphatic heterocycles. The highest BCUT2D eigenvalue weighted by atomic mass is 16.4. The lowest BCUT2D eigenvalue weighted by Crippen LogP contribution is -2.61. The van der Waals surface area contributed by atoms with Gasteiger partial charge < -0.3 is 64.4 Å². The number of nitrogens with two attached hydrogens (primary N) is 4. The summed E-state index contributed by atoms with van der Waals surface area (Å²) in [7, 11) is 0. The first-order valence-electron chi connectivity index (χ1n) is 17.2. The molecule has 0 unspecified atom stereocenters. The van der Waals surface area contributed by atoms with Crippen molar-refractivity contribution in [2.45, 2.75) is 126 Å². The molecule has 0 saturated carbocycles. The van der Waals surface area contributed by atoms with E-state index in [2.05, 4.69) is 21.3 Å². The van der Waals surface area contributed by atoms with Crippen molar-refractivity contribution in [1.82, 2.24) is 26.2 Å². The Morgan fingerprint density at radius 1 is 0.720 bits per heavy atom. The Labute approximate surface area is 292 Å². The van der Waals surface area contributed by atoms with Gasteiger partial charge in [-0.05, 0) is 90.8 Å². The van der Waals surface area contributed by atoms with E-state index in [-0.39, 0.29) is 38.8 Å². The Balaban J connectivity index is 3.14. The van der Waals surface area contributed by atoms with E-state index in [1.807, 2.05) is 0 Å². The zero-order valence-electron chi connectivity index (χ0n) is 28.8. The fourth-order valence-electron chi connectivity index (χ4n) is 5.48. The average Bonchev–Trinajstić information content (AvgIpc) is 3.55. The lowest BCUT2D eigenvalue weighted by atomic mass is 10.0. The smallest absolute Gasteiger partial charge is 0.326 e. The van der Waals surface area contributed by atoms with Gasteiger partial charge in [0.05, 0.1) is 18.6 Å². The molecule has 0 spiro atoms. The maximum Gasteiger partial charge on any atom is 0.326 e. The fraction of sp³-hybridized carbons (Fsp3) is 0.774. The standard InChI is InChI=1S/C31H57N9O10/c1-18(41)25(30(48)40-16-8-12-23(40)29(47)37-21(31(49)50)11-4-7-15-34)39-27(45)20(10-3-6-14-33)36-28(46)22(17-24(42)43)38-26(44)19(35)9-2-5-13-32/h18-23,25,41H,2-17,32-35H2,1H3,(H,36,46)(H,37,47)(H,38,44)(H,39,45)(H,42,43)(H,49,50)/t18-,19+,20+,21+,22+,23+,25+/m1/s1. The first kappa shape index (κ1) is 44.1. The lowest BCUT2D eigenvalue weighted by molar-refractivity contribution is -0.146. The molecule has 0 aliphatic carbocycles. The van der Waals surface area contributed by atoms with Gasteiger partial charge in [0.25, 0.3) is 0 Å². The zero-order chi connectivity index (χ0) is 37.8. The highest BCUT2D eigenvalue weighted by Crippen LogP contribution is 2.20. The topological polar surface area (TPSA) is 336 Å². The van der Waals surface area contributed by atoms with Crippen LogP contribution in [0.15, 0.2) is 0 Å². The molecule has 1 rings (SSSR count). The number of nitrogens with zero attached hydrogens (tertiary/aromatic N) is 1. The summed E-state index contributed by atoms with van der Waals surface area (Å²) in [4.78, 5) is 90.8. The largest absolute Gasteiger partial charge is 0.481 e. The molecule has 50 heavy (non-hydrogen) atoms. The number of rotatable bonds is 25. The first-order valence-corrected chi connectivity index (χ1v) is 17.2. The van der Waals surface area contributed by atoms with Crippen molar-refractivity contribution >= 4 is 41.5 Å². The maximum atomic E-state index is 13.7. The number of likely N-dealkylation sites (tertiary alicyclic amines) is 1. The van der Waals surface area contributed by atoms with Crippen molar-refractivity contribution in [1.29, 1.82) is 0 Å². The summed E-state index contributed by atoms with van der Waals surface area (Å²) in [6, 6.07) is -7.77. The van der Waals surface area contributed by atoms with Gasteiger partial charge in [0.2, 0.25) is 29.5 Å². The molecule has 19 nitrogen and oxygen atoms in total.